The number of halogens is 3. The van der Waals surface area contributed by atoms with Crippen LogP contribution in [0, 0.1) is 11.6 Å². The highest BCUT2D eigenvalue weighted by Crippen LogP contribution is 2.20. The highest BCUT2D eigenvalue weighted by Gasteiger charge is 2.15. The molecule has 2 aromatic rings. The maximum absolute atomic E-state index is 13.5. The van der Waals surface area contributed by atoms with Gasteiger partial charge in [0, 0.05) is 23.4 Å². The first-order chi connectivity index (χ1) is 9.08. The molecule has 19 heavy (non-hydrogen) atoms. The van der Waals surface area contributed by atoms with Crippen molar-refractivity contribution in [3.05, 3.63) is 70.2 Å². The van der Waals surface area contributed by atoms with Crippen LogP contribution < -0.4 is 0 Å². The van der Waals surface area contributed by atoms with Crippen LogP contribution in [0.3, 0.4) is 0 Å². The molecule has 0 amide bonds. The van der Waals surface area contributed by atoms with E-state index >= 15 is 0 Å². The van der Waals surface area contributed by atoms with Gasteiger partial charge in [0.05, 0.1) is 6.10 Å². The first-order valence-corrected chi connectivity index (χ1v) is 6.30. The highest BCUT2D eigenvalue weighted by molar-refractivity contribution is 6.31. The number of hydrogen-bond donors (Lipinski definition) is 1. The molecule has 0 aliphatic rings. The van der Waals surface area contributed by atoms with Crippen molar-refractivity contribution in [2.24, 2.45) is 0 Å². The van der Waals surface area contributed by atoms with Crippen LogP contribution in [0.4, 0.5) is 8.78 Å². The summed E-state index contributed by atoms with van der Waals surface area (Å²) in [6.07, 6.45) is -0.705. The lowest BCUT2D eigenvalue weighted by atomic mass is 10.0. The summed E-state index contributed by atoms with van der Waals surface area (Å²) in [5.41, 5.74) is 0.662. The van der Waals surface area contributed by atoms with E-state index in [9.17, 15) is 13.9 Å². The Bertz CT molecular complexity index is 552. The Hall–Kier alpha value is -1.45. The molecule has 1 nitrogen and oxygen atoms in total. The quantitative estimate of drug-likeness (QED) is 0.905. The molecule has 4 heteroatoms. The second-order valence-corrected chi connectivity index (χ2v) is 4.76. The molecule has 0 saturated carbocycles. The topological polar surface area (TPSA) is 20.2 Å². The summed E-state index contributed by atoms with van der Waals surface area (Å²) < 4.78 is 26.9. The second kappa shape index (κ2) is 6.13. The smallest absolute Gasteiger partial charge is 0.129 e. The van der Waals surface area contributed by atoms with E-state index < -0.39 is 17.7 Å². The molecule has 0 aliphatic heterocycles. The van der Waals surface area contributed by atoms with E-state index in [4.69, 9.17) is 11.6 Å². The number of benzene rings is 2. The summed E-state index contributed by atoms with van der Waals surface area (Å²) in [7, 11) is 0. The summed E-state index contributed by atoms with van der Waals surface area (Å²) in [4.78, 5) is 0. The second-order valence-electron chi connectivity index (χ2n) is 4.35. The third-order valence-electron chi connectivity index (χ3n) is 2.91. The molecule has 0 aromatic heterocycles. The van der Waals surface area contributed by atoms with Gasteiger partial charge in [-0.25, -0.2) is 8.78 Å². The van der Waals surface area contributed by atoms with Crippen molar-refractivity contribution in [3.8, 4) is 0 Å². The molecule has 100 valence electrons. The fraction of sp³-hybridized carbons (Fsp3) is 0.200. The van der Waals surface area contributed by atoms with Crippen LogP contribution in [-0.2, 0) is 12.8 Å². The highest BCUT2D eigenvalue weighted by atomic mass is 35.5. The average Bonchev–Trinajstić information content (AvgIpc) is 2.37. The molecule has 0 spiro atoms. The molecule has 0 radical (unpaired) electrons. The SMILES string of the molecule is OC(Cc1ccccc1Cl)Cc1c(F)cccc1F. The Morgan fingerprint density at radius 2 is 1.58 bits per heavy atom. The molecule has 1 unspecified atom stereocenters. The van der Waals surface area contributed by atoms with Gasteiger partial charge in [-0.3, -0.25) is 0 Å². The minimum Gasteiger partial charge on any atom is -0.392 e. The van der Waals surface area contributed by atoms with E-state index in [0.29, 0.717) is 5.02 Å². The first-order valence-electron chi connectivity index (χ1n) is 5.92. The van der Waals surface area contributed by atoms with Gasteiger partial charge in [-0.15, -0.1) is 0 Å². The van der Waals surface area contributed by atoms with Crippen LogP contribution in [0.2, 0.25) is 5.02 Å². The minimum absolute atomic E-state index is 0.0796. The van der Waals surface area contributed by atoms with E-state index in [1.165, 1.54) is 18.2 Å². The molecule has 1 atom stereocenters. The minimum atomic E-state index is -0.883. The van der Waals surface area contributed by atoms with Crippen LogP contribution in [0.5, 0.6) is 0 Å². The first kappa shape index (κ1) is 14.0. The van der Waals surface area contributed by atoms with Crippen molar-refractivity contribution in [3.63, 3.8) is 0 Å². The van der Waals surface area contributed by atoms with Crippen LogP contribution in [0.25, 0.3) is 0 Å². The third kappa shape index (κ3) is 3.52. The summed E-state index contributed by atoms with van der Waals surface area (Å²) >= 11 is 5.97. The number of hydrogen-bond acceptors (Lipinski definition) is 1. The van der Waals surface area contributed by atoms with Crippen molar-refractivity contribution < 1.29 is 13.9 Å². The predicted octanol–water partition coefficient (Wildman–Crippen LogP) is 3.76. The molecule has 0 bridgehead atoms. The Kier molecular flexibility index (Phi) is 4.51. The fourth-order valence-electron chi connectivity index (χ4n) is 1.95. The van der Waals surface area contributed by atoms with E-state index in [1.54, 1.807) is 24.3 Å². The lowest BCUT2D eigenvalue weighted by Gasteiger charge is -2.13. The number of rotatable bonds is 4. The zero-order chi connectivity index (χ0) is 13.8. The average molecular weight is 283 g/mol. The molecular weight excluding hydrogens is 270 g/mol. The molecule has 0 aliphatic carbocycles. The molecule has 0 heterocycles. The van der Waals surface area contributed by atoms with Gasteiger partial charge in [0.1, 0.15) is 11.6 Å². The van der Waals surface area contributed by atoms with Gasteiger partial charge in [-0.2, -0.15) is 0 Å². The largest absolute Gasteiger partial charge is 0.392 e. The molecular formula is C15H13ClF2O. The Morgan fingerprint density at radius 3 is 2.21 bits per heavy atom. The standard InChI is InChI=1S/C15H13ClF2O/c16-13-5-2-1-4-10(13)8-11(19)9-12-14(17)6-3-7-15(12)18/h1-7,11,19H,8-9H2. The maximum atomic E-state index is 13.5. The van der Waals surface area contributed by atoms with Gasteiger partial charge in [0.25, 0.3) is 0 Å². The van der Waals surface area contributed by atoms with Crippen LogP contribution >= 0.6 is 11.6 Å². The zero-order valence-corrected chi connectivity index (χ0v) is 10.9. The molecule has 2 rings (SSSR count). The number of aliphatic hydroxyl groups excluding tert-OH is 1. The van der Waals surface area contributed by atoms with E-state index in [1.807, 2.05) is 0 Å². The molecule has 2 aromatic carbocycles. The van der Waals surface area contributed by atoms with Crippen molar-refractivity contribution in [1.82, 2.24) is 0 Å². The normalized spacial score (nSPS) is 12.4. The maximum Gasteiger partial charge on any atom is 0.129 e. The van der Waals surface area contributed by atoms with Crippen LogP contribution in [0.1, 0.15) is 11.1 Å². The Balaban J connectivity index is 2.10. The van der Waals surface area contributed by atoms with Gasteiger partial charge < -0.3 is 5.11 Å². The molecule has 0 fully saturated rings. The third-order valence-corrected chi connectivity index (χ3v) is 3.28. The van der Waals surface area contributed by atoms with Gasteiger partial charge in [0.2, 0.25) is 0 Å². The summed E-state index contributed by atoms with van der Waals surface area (Å²) in [5.74, 6) is -1.28. The summed E-state index contributed by atoms with van der Waals surface area (Å²) in [6, 6.07) is 10.7. The lowest BCUT2D eigenvalue weighted by molar-refractivity contribution is 0.172. The van der Waals surface area contributed by atoms with Crippen molar-refractivity contribution in [2.75, 3.05) is 0 Å². The summed E-state index contributed by atoms with van der Waals surface area (Å²) in [6.45, 7) is 0. The Labute approximate surface area is 115 Å². The van der Waals surface area contributed by atoms with Gasteiger partial charge >= 0.3 is 0 Å². The Morgan fingerprint density at radius 1 is 0.947 bits per heavy atom. The molecule has 0 saturated heterocycles. The van der Waals surface area contributed by atoms with Gasteiger partial charge in [-0.05, 0) is 23.8 Å². The summed E-state index contributed by atoms with van der Waals surface area (Å²) in [5, 5.41) is 10.5. The van der Waals surface area contributed by atoms with Crippen molar-refractivity contribution in [1.29, 1.82) is 0 Å². The lowest BCUT2D eigenvalue weighted by Crippen LogP contribution is -2.16. The van der Waals surface area contributed by atoms with Crippen LogP contribution in [0.15, 0.2) is 42.5 Å². The predicted molar refractivity (Wildman–Crippen MR) is 71.2 cm³/mol. The monoisotopic (exact) mass is 282 g/mol. The molecule has 1 N–H and O–H groups in total. The fourth-order valence-corrected chi connectivity index (χ4v) is 2.17. The van der Waals surface area contributed by atoms with Crippen molar-refractivity contribution >= 4 is 11.6 Å². The zero-order valence-electron chi connectivity index (χ0n) is 10.1. The van der Waals surface area contributed by atoms with Crippen molar-refractivity contribution in [2.45, 2.75) is 18.9 Å². The van der Waals surface area contributed by atoms with Gasteiger partial charge in [-0.1, -0.05) is 35.9 Å². The number of aliphatic hydroxyl groups is 1. The van der Waals surface area contributed by atoms with Gasteiger partial charge in [0.15, 0.2) is 0 Å². The van der Waals surface area contributed by atoms with E-state index in [2.05, 4.69) is 0 Å². The van der Waals surface area contributed by atoms with Crippen LogP contribution in [-0.4, -0.2) is 11.2 Å². The van der Waals surface area contributed by atoms with E-state index in [-0.39, 0.29) is 18.4 Å². The van der Waals surface area contributed by atoms with E-state index in [0.717, 1.165) is 5.56 Å².